The summed E-state index contributed by atoms with van der Waals surface area (Å²) in [5.74, 6) is 1.22. The second-order valence-corrected chi connectivity index (χ2v) is 4.75. The van der Waals surface area contributed by atoms with Crippen molar-refractivity contribution in [3.63, 3.8) is 0 Å². The largest absolute Gasteiger partial charge is 0.391 e. The molecular weight excluding hydrogens is 256 g/mol. The number of aliphatic hydroxyl groups is 1. The summed E-state index contributed by atoms with van der Waals surface area (Å²) in [4.78, 5) is 15.9. The minimum absolute atomic E-state index is 0.375. The van der Waals surface area contributed by atoms with Crippen LogP contribution in [-0.4, -0.2) is 44.2 Å². The van der Waals surface area contributed by atoms with Crippen LogP contribution in [0.25, 0.3) is 11.2 Å². The monoisotopic (exact) mass is 278 g/mol. The smallest absolute Gasteiger partial charge is 0.226 e. The fourth-order valence-corrected chi connectivity index (χ4v) is 1.93. The molecule has 0 radical (unpaired) electrons. The number of aromatic amines is 1. The first-order valence-electron chi connectivity index (χ1n) is 7.11. The molecule has 20 heavy (non-hydrogen) atoms. The van der Waals surface area contributed by atoms with Crippen LogP contribution < -0.4 is 10.6 Å². The van der Waals surface area contributed by atoms with Crippen molar-refractivity contribution in [3.8, 4) is 0 Å². The number of nitrogens with zero attached hydrogens (tertiary/aromatic N) is 3. The predicted octanol–water partition coefficient (Wildman–Crippen LogP) is 1.75. The van der Waals surface area contributed by atoms with Crippen molar-refractivity contribution in [2.75, 3.05) is 23.7 Å². The highest BCUT2D eigenvalue weighted by molar-refractivity contribution is 5.83. The first-order chi connectivity index (χ1) is 9.74. The summed E-state index contributed by atoms with van der Waals surface area (Å²) in [5.41, 5.74) is 1.38. The van der Waals surface area contributed by atoms with Crippen molar-refractivity contribution in [2.45, 2.75) is 39.2 Å². The molecule has 2 rings (SSSR count). The Morgan fingerprint density at radius 2 is 2.10 bits per heavy atom. The van der Waals surface area contributed by atoms with E-state index in [4.69, 9.17) is 0 Å². The Hall–Kier alpha value is -1.89. The van der Waals surface area contributed by atoms with Crippen LogP contribution in [0.5, 0.6) is 0 Å². The number of aromatic nitrogens is 4. The van der Waals surface area contributed by atoms with Gasteiger partial charge in [0.1, 0.15) is 5.52 Å². The zero-order valence-electron chi connectivity index (χ0n) is 12.0. The second-order valence-electron chi connectivity index (χ2n) is 4.75. The quantitative estimate of drug-likeness (QED) is 0.587. The maximum Gasteiger partial charge on any atom is 0.226 e. The van der Waals surface area contributed by atoms with Crippen LogP contribution in [0.15, 0.2) is 6.33 Å². The second kappa shape index (κ2) is 7.04. The molecule has 7 heteroatoms. The molecule has 0 aromatic carbocycles. The molecule has 2 aromatic heterocycles. The number of imidazole rings is 1. The molecule has 7 nitrogen and oxygen atoms in total. The van der Waals surface area contributed by atoms with Gasteiger partial charge >= 0.3 is 0 Å². The van der Waals surface area contributed by atoms with Crippen LogP contribution in [0.1, 0.15) is 33.1 Å². The van der Waals surface area contributed by atoms with E-state index in [2.05, 4.69) is 37.5 Å². The van der Waals surface area contributed by atoms with Gasteiger partial charge < -0.3 is 20.7 Å². The molecule has 2 heterocycles. The normalized spacial score (nSPS) is 12.6. The lowest BCUT2D eigenvalue weighted by atomic mass is 10.2. The van der Waals surface area contributed by atoms with Crippen LogP contribution in [0.3, 0.4) is 0 Å². The summed E-state index contributed by atoms with van der Waals surface area (Å²) in [7, 11) is 0. The van der Waals surface area contributed by atoms with E-state index in [1.165, 1.54) is 0 Å². The minimum atomic E-state index is -0.375. The molecule has 0 bridgehead atoms. The fraction of sp³-hybridized carbons (Fsp3) is 0.615. The Balaban J connectivity index is 2.14. The standard InChI is InChI=1S/C13H22N6O/c1-3-5-9(20)7-15-11-10-12(17-8-16-10)19-13(18-11)14-6-4-2/h8-9,20H,3-7H2,1-2H3,(H3,14,15,16,17,18,19). The molecular formula is C13H22N6O. The van der Waals surface area contributed by atoms with E-state index in [1.807, 2.05) is 6.92 Å². The first kappa shape index (κ1) is 14.5. The summed E-state index contributed by atoms with van der Waals surface area (Å²) in [6.45, 7) is 5.41. The Morgan fingerprint density at radius 3 is 2.85 bits per heavy atom. The highest BCUT2D eigenvalue weighted by atomic mass is 16.3. The average molecular weight is 278 g/mol. The van der Waals surface area contributed by atoms with Gasteiger partial charge in [0.2, 0.25) is 5.95 Å². The van der Waals surface area contributed by atoms with Crippen LogP contribution in [0.2, 0.25) is 0 Å². The van der Waals surface area contributed by atoms with Crippen molar-refractivity contribution < 1.29 is 5.11 Å². The van der Waals surface area contributed by atoms with Gasteiger partial charge in [-0.05, 0) is 12.8 Å². The Labute approximate surface area is 118 Å². The van der Waals surface area contributed by atoms with Crippen LogP contribution in [0.4, 0.5) is 11.8 Å². The van der Waals surface area contributed by atoms with E-state index in [0.717, 1.165) is 31.3 Å². The van der Waals surface area contributed by atoms with Gasteiger partial charge in [0.05, 0.1) is 12.4 Å². The molecule has 4 N–H and O–H groups in total. The molecule has 0 aliphatic heterocycles. The van der Waals surface area contributed by atoms with E-state index in [-0.39, 0.29) is 6.10 Å². The minimum Gasteiger partial charge on any atom is -0.391 e. The number of anilines is 2. The average Bonchev–Trinajstić information content (AvgIpc) is 2.91. The number of fused-ring (bicyclic) bond motifs is 1. The number of aliphatic hydroxyl groups excluding tert-OH is 1. The molecule has 110 valence electrons. The van der Waals surface area contributed by atoms with Crippen LogP contribution in [-0.2, 0) is 0 Å². The summed E-state index contributed by atoms with van der Waals surface area (Å²) >= 11 is 0. The molecule has 2 aromatic rings. The summed E-state index contributed by atoms with van der Waals surface area (Å²) in [5, 5.41) is 16.1. The summed E-state index contributed by atoms with van der Waals surface area (Å²) in [6, 6.07) is 0. The van der Waals surface area contributed by atoms with E-state index in [9.17, 15) is 5.11 Å². The Bertz CT molecular complexity index is 541. The summed E-state index contributed by atoms with van der Waals surface area (Å²) in [6.07, 6.45) is 3.94. The highest BCUT2D eigenvalue weighted by Crippen LogP contribution is 2.18. The Morgan fingerprint density at radius 1 is 1.25 bits per heavy atom. The molecule has 1 unspecified atom stereocenters. The maximum absolute atomic E-state index is 9.80. The summed E-state index contributed by atoms with van der Waals surface area (Å²) < 4.78 is 0. The lowest BCUT2D eigenvalue weighted by Crippen LogP contribution is -2.20. The predicted molar refractivity (Wildman–Crippen MR) is 79.9 cm³/mol. The lowest BCUT2D eigenvalue weighted by Gasteiger charge is -2.12. The van der Waals surface area contributed by atoms with Crippen molar-refractivity contribution in [1.82, 2.24) is 19.9 Å². The third-order valence-electron chi connectivity index (χ3n) is 2.95. The van der Waals surface area contributed by atoms with Crippen LogP contribution >= 0.6 is 0 Å². The SMILES string of the molecule is CCCNc1nc(NCC(O)CCC)c2[nH]cnc2n1. The molecule has 0 aliphatic rings. The third-order valence-corrected chi connectivity index (χ3v) is 2.95. The van der Waals surface area contributed by atoms with E-state index >= 15 is 0 Å². The van der Waals surface area contributed by atoms with Gasteiger partial charge in [-0.2, -0.15) is 9.97 Å². The highest BCUT2D eigenvalue weighted by Gasteiger charge is 2.11. The van der Waals surface area contributed by atoms with E-state index in [1.54, 1.807) is 6.33 Å². The molecule has 0 saturated heterocycles. The van der Waals surface area contributed by atoms with Gasteiger partial charge in [-0.3, -0.25) is 0 Å². The fourth-order valence-electron chi connectivity index (χ4n) is 1.93. The van der Waals surface area contributed by atoms with Gasteiger partial charge in [0.25, 0.3) is 0 Å². The van der Waals surface area contributed by atoms with E-state index < -0.39 is 0 Å². The maximum atomic E-state index is 9.80. The van der Waals surface area contributed by atoms with E-state index in [0.29, 0.717) is 24.0 Å². The molecule has 0 spiro atoms. The number of hydrogen-bond donors (Lipinski definition) is 4. The molecule has 0 amide bonds. The van der Waals surface area contributed by atoms with Crippen molar-refractivity contribution in [1.29, 1.82) is 0 Å². The molecule has 0 fully saturated rings. The number of rotatable bonds is 8. The zero-order valence-corrected chi connectivity index (χ0v) is 12.0. The number of H-pyrrole nitrogens is 1. The number of hydrogen-bond acceptors (Lipinski definition) is 6. The van der Waals surface area contributed by atoms with Gasteiger partial charge in [-0.15, -0.1) is 0 Å². The van der Waals surface area contributed by atoms with Gasteiger partial charge in [0, 0.05) is 13.1 Å². The lowest BCUT2D eigenvalue weighted by molar-refractivity contribution is 0.176. The van der Waals surface area contributed by atoms with Crippen molar-refractivity contribution >= 4 is 22.9 Å². The third kappa shape index (κ3) is 3.57. The van der Waals surface area contributed by atoms with Crippen LogP contribution in [0, 0.1) is 0 Å². The van der Waals surface area contributed by atoms with Gasteiger partial charge in [0.15, 0.2) is 11.5 Å². The van der Waals surface area contributed by atoms with Gasteiger partial charge in [-0.25, -0.2) is 4.98 Å². The Kier molecular flexibility index (Phi) is 5.11. The zero-order chi connectivity index (χ0) is 14.4. The number of nitrogens with one attached hydrogen (secondary N) is 3. The first-order valence-corrected chi connectivity index (χ1v) is 7.11. The van der Waals surface area contributed by atoms with Crippen molar-refractivity contribution in [2.24, 2.45) is 0 Å². The molecule has 0 saturated carbocycles. The molecule has 0 aliphatic carbocycles. The van der Waals surface area contributed by atoms with Crippen molar-refractivity contribution in [3.05, 3.63) is 6.33 Å². The molecule has 1 atom stereocenters. The van der Waals surface area contributed by atoms with Gasteiger partial charge in [-0.1, -0.05) is 20.3 Å². The topological polar surface area (TPSA) is 98.8 Å².